The lowest BCUT2D eigenvalue weighted by Crippen LogP contribution is -2.45. The van der Waals surface area contributed by atoms with Gasteiger partial charge in [0.2, 0.25) is 0 Å². The Morgan fingerprint density at radius 3 is 2.70 bits per heavy atom. The molecule has 2 unspecified atom stereocenters. The second-order valence-electron chi connectivity index (χ2n) is 6.07. The van der Waals surface area contributed by atoms with Crippen LogP contribution < -0.4 is 0 Å². The van der Waals surface area contributed by atoms with Crippen molar-refractivity contribution in [3.05, 3.63) is 16.1 Å². The highest BCUT2D eigenvalue weighted by molar-refractivity contribution is 7.09. The molecule has 1 aromatic heterocycles. The van der Waals surface area contributed by atoms with Crippen LogP contribution in [-0.4, -0.2) is 39.7 Å². The van der Waals surface area contributed by atoms with Crippen molar-refractivity contribution in [2.75, 3.05) is 6.54 Å². The van der Waals surface area contributed by atoms with Gasteiger partial charge in [0.25, 0.3) is 0 Å². The third-order valence-electron chi connectivity index (χ3n) is 4.65. The summed E-state index contributed by atoms with van der Waals surface area (Å²) in [5, 5.41) is 13.1. The molecule has 0 saturated carbocycles. The van der Waals surface area contributed by atoms with Crippen molar-refractivity contribution < 1.29 is 5.11 Å². The highest BCUT2D eigenvalue weighted by atomic mass is 35.5. The minimum atomic E-state index is -0.0481. The van der Waals surface area contributed by atoms with E-state index in [1.807, 2.05) is 0 Å². The van der Waals surface area contributed by atoms with Crippen molar-refractivity contribution in [1.29, 1.82) is 0 Å². The highest BCUT2D eigenvalue weighted by Crippen LogP contribution is 2.35. The molecule has 2 aliphatic heterocycles. The zero-order valence-electron chi connectivity index (χ0n) is 11.8. The number of halogens is 1. The fourth-order valence-corrected chi connectivity index (χ4v) is 4.77. The van der Waals surface area contributed by atoms with Gasteiger partial charge in [-0.05, 0) is 51.5 Å². The van der Waals surface area contributed by atoms with Gasteiger partial charge in [-0.25, -0.2) is 4.98 Å². The van der Waals surface area contributed by atoms with Crippen LogP contribution in [0.1, 0.15) is 49.2 Å². The van der Waals surface area contributed by atoms with Gasteiger partial charge >= 0.3 is 0 Å². The van der Waals surface area contributed by atoms with Gasteiger partial charge in [0.15, 0.2) is 0 Å². The molecule has 1 aromatic rings. The lowest BCUT2D eigenvalue weighted by molar-refractivity contribution is 0.0347. The van der Waals surface area contributed by atoms with Gasteiger partial charge in [-0.3, -0.25) is 4.90 Å². The van der Waals surface area contributed by atoms with E-state index < -0.39 is 0 Å². The molecule has 2 fully saturated rings. The summed E-state index contributed by atoms with van der Waals surface area (Å²) in [5.74, 6) is 0.524. The van der Waals surface area contributed by atoms with Crippen LogP contribution >= 0.6 is 22.9 Å². The van der Waals surface area contributed by atoms with E-state index in [1.165, 1.54) is 37.2 Å². The number of alkyl halides is 1. The number of hydrogen-bond donors (Lipinski definition) is 1. The first-order valence-corrected chi connectivity index (χ1v) is 9.10. The first-order valence-electron chi connectivity index (χ1n) is 7.69. The molecule has 3 nitrogen and oxygen atoms in total. The van der Waals surface area contributed by atoms with Crippen molar-refractivity contribution in [3.8, 4) is 0 Å². The van der Waals surface area contributed by atoms with Gasteiger partial charge in [-0.15, -0.1) is 22.9 Å². The van der Waals surface area contributed by atoms with E-state index in [9.17, 15) is 5.11 Å². The summed E-state index contributed by atoms with van der Waals surface area (Å²) in [6.07, 6.45) is 8.01. The lowest BCUT2D eigenvalue weighted by Gasteiger charge is -2.37. The largest absolute Gasteiger partial charge is 0.393 e. The average Bonchev–Trinajstić information content (AvgIpc) is 2.98. The minimum absolute atomic E-state index is 0.0481. The Labute approximate surface area is 130 Å². The van der Waals surface area contributed by atoms with Crippen LogP contribution in [0, 0.1) is 0 Å². The van der Waals surface area contributed by atoms with Crippen molar-refractivity contribution >= 4 is 22.9 Å². The number of hydrogen-bond acceptors (Lipinski definition) is 4. The molecular formula is C15H23ClN2OS. The Hall–Kier alpha value is -0.160. The average molecular weight is 315 g/mol. The fourth-order valence-electron chi connectivity index (χ4n) is 3.71. The number of aromatic nitrogens is 1. The molecule has 3 rings (SSSR count). The molecule has 2 aliphatic rings. The molecule has 0 amide bonds. The fraction of sp³-hybridized carbons (Fsp3) is 0.800. The standard InChI is InChI=1S/C15H23ClN2OS/c16-9-11-10-20-15(17-11)3-1-2-6-18-12-4-5-13(18)8-14(19)7-12/h10,12-14,19H,1-9H2. The number of aryl methyl sites for hydroxylation is 1. The SMILES string of the molecule is OC1CC2CCC(C1)N2CCCCc1nc(CCl)cs1. The number of thiazole rings is 1. The molecule has 2 saturated heterocycles. The van der Waals surface area contributed by atoms with E-state index in [4.69, 9.17) is 11.6 Å². The zero-order chi connectivity index (χ0) is 13.9. The van der Waals surface area contributed by atoms with Crippen LogP contribution in [0.5, 0.6) is 0 Å². The maximum absolute atomic E-state index is 9.81. The van der Waals surface area contributed by atoms with Crippen molar-refractivity contribution in [2.24, 2.45) is 0 Å². The van der Waals surface area contributed by atoms with E-state index in [0.717, 1.165) is 25.0 Å². The summed E-state index contributed by atoms with van der Waals surface area (Å²) in [7, 11) is 0. The van der Waals surface area contributed by atoms with E-state index in [2.05, 4.69) is 15.3 Å². The summed E-state index contributed by atoms with van der Waals surface area (Å²) < 4.78 is 0. The Morgan fingerprint density at radius 1 is 1.30 bits per heavy atom. The molecular weight excluding hydrogens is 292 g/mol. The summed E-state index contributed by atoms with van der Waals surface area (Å²) >= 11 is 7.50. The third kappa shape index (κ3) is 3.35. The molecule has 2 atom stereocenters. The van der Waals surface area contributed by atoms with Gasteiger partial charge in [0.1, 0.15) is 0 Å². The Bertz CT molecular complexity index is 425. The van der Waals surface area contributed by atoms with Crippen molar-refractivity contribution in [1.82, 2.24) is 9.88 Å². The predicted molar refractivity (Wildman–Crippen MR) is 83.4 cm³/mol. The first-order chi connectivity index (χ1) is 9.76. The minimum Gasteiger partial charge on any atom is -0.393 e. The van der Waals surface area contributed by atoms with E-state index >= 15 is 0 Å². The van der Waals surface area contributed by atoms with Gasteiger partial charge in [-0.1, -0.05) is 0 Å². The lowest BCUT2D eigenvalue weighted by atomic mass is 9.99. The summed E-state index contributed by atoms with van der Waals surface area (Å²) in [6.45, 7) is 1.19. The smallest absolute Gasteiger partial charge is 0.0928 e. The molecule has 112 valence electrons. The number of aliphatic hydroxyl groups excluding tert-OH is 1. The third-order valence-corrected chi connectivity index (χ3v) is 5.88. The quantitative estimate of drug-likeness (QED) is 0.647. The van der Waals surface area contributed by atoms with Crippen LogP contribution in [0.3, 0.4) is 0 Å². The molecule has 3 heterocycles. The maximum Gasteiger partial charge on any atom is 0.0928 e. The molecule has 20 heavy (non-hydrogen) atoms. The normalized spacial score (nSPS) is 30.0. The number of fused-ring (bicyclic) bond motifs is 2. The topological polar surface area (TPSA) is 36.4 Å². The molecule has 0 spiro atoms. The number of aliphatic hydroxyl groups is 1. The second kappa shape index (κ2) is 6.73. The van der Waals surface area contributed by atoms with Crippen LogP contribution in [0.25, 0.3) is 0 Å². The second-order valence-corrected chi connectivity index (χ2v) is 7.28. The maximum atomic E-state index is 9.81. The highest BCUT2D eigenvalue weighted by Gasteiger charge is 2.39. The Kier molecular flexibility index (Phi) is 4.97. The van der Waals surface area contributed by atoms with Crippen LogP contribution in [-0.2, 0) is 12.3 Å². The molecule has 0 aliphatic carbocycles. The van der Waals surface area contributed by atoms with Gasteiger partial charge in [0, 0.05) is 17.5 Å². The number of piperidine rings is 1. The van der Waals surface area contributed by atoms with Crippen molar-refractivity contribution in [2.45, 2.75) is 69.0 Å². The van der Waals surface area contributed by atoms with E-state index in [1.54, 1.807) is 11.3 Å². The predicted octanol–water partition coefficient (Wildman–Crippen LogP) is 3.19. The molecule has 0 radical (unpaired) electrons. The first kappa shape index (κ1) is 14.8. The Morgan fingerprint density at radius 2 is 2.05 bits per heavy atom. The van der Waals surface area contributed by atoms with E-state index in [-0.39, 0.29) is 6.10 Å². The van der Waals surface area contributed by atoms with Gasteiger partial charge in [-0.2, -0.15) is 0 Å². The monoisotopic (exact) mass is 314 g/mol. The van der Waals surface area contributed by atoms with Crippen LogP contribution in [0.4, 0.5) is 0 Å². The number of nitrogens with zero attached hydrogens (tertiary/aromatic N) is 2. The van der Waals surface area contributed by atoms with Gasteiger partial charge < -0.3 is 5.11 Å². The molecule has 5 heteroatoms. The Balaban J connectivity index is 1.40. The summed E-state index contributed by atoms with van der Waals surface area (Å²) in [4.78, 5) is 7.16. The molecule has 1 N–H and O–H groups in total. The zero-order valence-corrected chi connectivity index (χ0v) is 13.4. The van der Waals surface area contributed by atoms with Crippen molar-refractivity contribution in [3.63, 3.8) is 0 Å². The van der Waals surface area contributed by atoms with E-state index in [0.29, 0.717) is 18.0 Å². The summed E-state index contributed by atoms with van der Waals surface area (Å²) in [5.41, 5.74) is 1.01. The molecule has 0 aromatic carbocycles. The summed E-state index contributed by atoms with van der Waals surface area (Å²) in [6, 6.07) is 1.29. The van der Waals surface area contributed by atoms with Gasteiger partial charge in [0.05, 0.1) is 22.7 Å². The van der Waals surface area contributed by atoms with Crippen LogP contribution in [0.15, 0.2) is 5.38 Å². The van der Waals surface area contributed by atoms with Crippen LogP contribution in [0.2, 0.25) is 0 Å². The number of unbranched alkanes of at least 4 members (excludes halogenated alkanes) is 1. The number of rotatable bonds is 6. The molecule has 2 bridgehead atoms.